The summed E-state index contributed by atoms with van der Waals surface area (Å²) in [6.07, 6.45) is -0.199. The topological polar surface area (TPSA) is 119 Å². The van der Waals surface area contributed by atoms with Gasteiger partial charge < -0.3 is 15.4 Å². The molecule has 3 N–H and O–H groups in total. The lowest BCUT2D eigenvalue weighted by atomic mass is 9.96. The number of rotatable bonds is 11. The number of amides is 2. The average Bonchev–Trinajstić information content (AvgIpc) is 3.35. The zero-order valence-corrected chi connectivity index (χ0v) is 24.6. The number of nitrogens with one attached hydrogen (secondary N) is 3. The van der Waals surface area contributed by atoms with Crippen molar-refractivity contribution in [3.05, 3.63) is 76.8 Å². The fourth-order valence-electron chi connectivity index (χ4n) is 3.93. The van der Waals surface area contributed by atoms with Crippen molar-refractivity contribution in [3.63, 3.8) is 0 Å². The number of anilines is 2. The van der Waals surface area contributed by atoms with E-state index >= 15 is 0 Å². The van der Waals surface area contributed by atoms with E-state index in [2.05, 4.69) is 32.5 Å². The maximum atomic E-state index is 12.8. The number of hydrogen-bond acceptors (Lipinski definition) is 7. The normalized spacial score (nSPS) is 12.1. The van der Waals surface area contributed by atoms with E-state index in [1.165, 1.54) is 10.2 Å². The van der Waals surface area contributed by atoms with E-state index in [4.69, 9.17) is 21.2 Å². The van der Waals surface area contributed by atoms with Crippen LogP contribution in [0.3, 0.4) is 0 Å². The maximum absolute atomic E-state index is 12.8. The van der Waals surface area contributed by atoms with Gasteiger partial charge in [0.15, 0.2) is 0 Å². The first-order valence-corrected chi connectivity index (χ1v) is 13.7. The Labute approximate surface area is 244 Å². The Morgan fingerprint density at radius 3 is 2.59 bits per heavy atom. The van der Waals surface area contributed by atoms with Crippen LogP contribution in [-0.4, -0.2) is 33.4 Å². The van der Waals surface area contributed by atoms with Crippen LogP contribution in [0.25, 0.3) is 11.0 Å². The molecule has 3 aromatic carbocycles. The maximum Gasteiger partial charge on any atom is 0.254 e. The fraction of sp³-hybridized carbons (Fsp3) is 0.333. The summed E-state index contributed by atoms with van der Waals surface area (Å²) < 4.78 is 7.29. The highest BCUT2D eigenvalue weighted by Gasteiger charge is 2.27. The summed E-state index contributed by atoms with van der Waals surface area (Å²) >= 11 is 6.40. The van der Waals surface area contributed by atoms with Crippen molar-refractivity contribution in [3.8, 4) is 5.75 Å². The highest BCUT2D eigenvalue weighted by Crippen LogP contribution is 2.27. The molecule has 2 amide bonds. The minimum atomic E-state index is -1.04. The Bertz CT molecular complexity index is 1530. The Balaban J connectivity index is 1.38. The molecule has 1 aromatic heterocycles. The summed E-state index contributed by atoms with van der Waals surface area (Å²) in [5.41, 5.74) is 6.61. The van der Waals surface area contributed by atoms with Gasteiger partial charge in [-0.05, 0) is 62.2 Å². The van der Waals surface area contributed by atoms with Gasteiger partial charge in [-0.15, -0.1) is 5.10 Å². The van der Waals surface area contributed by atoms with Gasteiger partial charge in [-0.3, -0.25) is 15.1 Å². The minimum absolute atomic E-state index is 0.159. The number of ether oxygens (including phenoxy) is 1. The number of aromatic nitrogens is 3. The molecule has 4 aromatic rings. The molecule has 0 aliphatic heterocycles. The number of fused-ring (bicyclic) bond motifs is 1. The SMILES string of the molecule is Cc1ccc(OCCCC(=O)Nc2ccc(Cl)c(NOC(NC(=O)C(C)(C)C)n3nnc4ccccc43)c2)c(C)c1. The van der Waals surface area contributed by atoms with E-state index in [9.17, 15) is 9.59 Å². The van der Waals surface area contributed by atoms with E-state index < -0.39 is 11.8 Å². The molecule has 11 heteroatoms. The first-order valence-electron chi connectivity index (χ1n) is 13.3. The molecule has 1 atom stereocenters. The molecule has 0 spiro atoms. The molecule has 0 saturated carbocycles. The van der Waals surface area contributed by atoms with E-state index in [1.807, 2.05) is 50.2 Å². The molecule has 4 rings (SSSR count). The number of nitrogens with zero attached hydrogens (tertiary/aromatic N) is 3. The smallest absolute Gasteiger partial charge is 0.254 e. The quantitative estimate of drug-likeness (QED) is 0.111. The third kappa shape index (κ3) is 7.96. The number of benzene rings is 3. The van der Waals surface area contributed by atoms with Gasteiger partial charge in [-0.2, -0.15) is 4.68 Å². The molecule has 1 unspecified atom stereocenters. The van der Waals surface area contributed by atoms with E-state index in [0.29, 0.717) is 40.5 Å². The van der Waals surface area contributed by atoms with Crippen LogP contribution in [0.5, 0.6) is 5.75 Å². The predicted molar refractivity (Wildman–Crippen MR) is 160 cm³/mol. The minimum Gasteiger partial charge on any atom is -0.493 e. The van der Waals surface area contributed by atoms with E-state index in [0.717, 1.165) is 11.3 Å². The van der Waals surface area contributed by atoms with Crippen LogP contribution in [0.15, 0.2) is 60.7 Å². The Morgan fingerprint density at radius 2 is 1.83 bits per heavy atom. The Morgan fingerprint density at radius 1 is 1.05 bits per heavy atom. The predicted octanol–water partition coefficient (Wildman–Crippen LogP) is 6.16. The second kappa shape index (κ2) is 13.0. The number of para-hydroxylation sites is 1. The van der Waals surface area contributed by atoms with Gasteiger partial charge in [0.05, 0.1) is 22.8 Å². The Hall–Kier alpha value is -4.15. The number of carbonyl (C=O) groups excluding carboxylic acids is 2. The van der Waals surface area contributed by atoms with Crippen molar-refractivity contribution in [1.82, 2.24) is 20.3 Å². The van der Waals surface area contributed by atoms with Crippen LogP contribution >= 0.6 is 11.6 Å². The number of halogens is 1. The first kappa shape index (κ1) is 29.8. The molecule has 10 nitrogen and oxygen atoms in total. The first-order chi connectivity index (χ1) is 19.5. The molecule has 0 aliphatic rings. The fourth-order valence-corrected chi connectivity index (χ4v) is 4.09. The van der Waals surface area contributed by atoms with Gasteiger partial charge in [0.25, 0.3) is 6.35 Å². The monoisotopic (exact) mass is 578 g/mol. The molecule has 1 heterocycles. The lowest BCUT2D eigenvalue weighted by molar-refractivity contribution is -0.135. The van der Waals surface area contributed by atoms with Gasteiger partial charge in [-0.25, -0.2) is 4.84 Å². The van der Waals surface area contributed by atoms with Gasteiger partial charge in [0.1, 0.15) is 11.3 Å². The van der Waals surface area contributed by atoms with Crippen LogP contribution in [0.2, 0.25) is 5.02 Å². The number of aryl methyl sites for hydroxylation is 2. The second-order valence-corrected chi connectivity index (χ2v) is 11.2. The molecular weight excluding hydrogens is 544 g/mol. The Kier molecular flexibility index (Phi) is 9.46. The molecule has 41 heavy (non-hydrogen) atoms. The van der Waals surface area contributed by atoms with Crippen molar-refractivity contribution in [2.45, 2.75) is 53.8 Å². The second-order valence-electron chi connectivity index (χ2n) is 10.8. The molecule has 0 bridgehead atoms. The molecule has 0 aliphatic carbocycles. The lowest BCUT2D eigenvalue weighted by Crippen LogP contribution is -2.42. The van der Waals surface area contributed by atoms with E-state index in [-0.39, 0.29) is 18.2 Å². The highest BCUT2D eigenvalue weighted by atomic mass is 35.5. The summed E-state index contributed by atoms with van der Waals surface area (Å²) in [7, 11) is 0. The summed E-state index contributed by atoms with van der Waals surface area (Å²) in [4.78, 5) is 31.3. The third-order valence-electron chi connectivity index (χ3n) is 6.20. The zero-order chi connectivity index (χ0) is 29.6. The van der Waals surface area contributed by atoms with Crippen LogP contribution < -0.4 is 20.9 Å². The van der Waals surface area contributed by atoms with Crippen molar-refractivity contribution < 1.29 is 19.2 Å². The summed E-state index contributed by atoms with van der Waals surface area (Å²) in [5.74, 6) is 0.408. The molecule has 0 fully saturated rings. The molecule has 216 valence electrons. The highest BCUT2D eigenvalue weighted by molar-refractivity contribution is 6.33. The van der Waals surface area contributed by atoms with Crippen LogP contribution in [0.4, 0.5) is 11.4 Å². The number of carbonyl (C=O) groups is 2. The van der Waals surface area contributed by atoms with Crippen molar-refractivity contribution in [2.24, 2.45) is 5.41 Å². The van der Waals surface area contributed by atoms with Gasteiger partial charge in [-0.1, -0.05) is 67.4 Å². The summed E-state index contributed by atoms with van der Waals surface area (Å²) in [6.45, 7) is 9.85. The van der Waals surface area contributed by atoms with Gasteiger partial charge in [0, 0.05) is 17.5 Å². The van der Waals surface area contributed by atoms with Crippen molar-refractivity contribution >= 4 is 45.8 Å². The number of hydrogen-bond donors (Lipinski definition) is 3. The molecular formula is C30H35ClN6O4. The summed E-state index contributed by atoms with van der Waals surface area (Å²) in [6, 6.07) is 18.3. The molecule has 0 saturated heterocycles. The van der Waals surface area contributed by atoms with Crippen molar-refractivity contribution in [2.75, 3.05) is 17.4 Å². The van der Waals surface area contributed by atoms with Gasteiger partial charge in [0.2, 0.25) is 11.8 Å². The average molecular weight is 579 g/mol. The molecule has 0 radical (unpaired) electrons. The largest absolute Gasteiger partial charge is 0.493 e. The summed E-state index contributed by atoms with van der Waals surface area (Å²) in [5, 5.41) is 14.4. The van der Waals surface area contributed by atoms with Crippen LogP contribution in [0, 0.1) is 19.3 Å². The van der Waals surface area contributed by atoms with Crippen LogP contribution in [0.1, 0.15) is 51.1 Å². The van der Waals surface area contributed by atoms with Crippen molar-refractivity contribution in [1.29, 1.82) is 0 Å². The van der Waals surface area contributed by atoms with Gasteiger partial charge >= 0.3 is 0 Å². The standard InChI is InChI=1S/C30H35ClN6O4/c1-19-12-15-26(20(2)17-19)40-16-8-11-27(38)32-21-13-14-22(31)24(18-21)35-41-29(33-28(39)30(3,4)5)37-25-10-7-6-9-23(25)34-36-37/h6-7,9-10,12-15,17-18,29,35H,8,11,16H2,1-5H3,(H,32,38)(H,33,39). The van der Waals surface area contributed by atoms with Crippen LogP contribution in [-0.2, 0) is 14.4 Å². The van der Waals surface area contributed by atoms with E-state index in [1.54, 1.807) is 39.0 Å². The zero-order valence-electron chi connectivity index (χ0n) is 23.8. The third-order valence-corrected chi connectivity index (χ3v) is 6.53. The lowest BCUT2D eigenvalue weighted by Gasteiger charge is -2.25.